The number of anilines is 1. The van der Waals surface area contributed by atoms with Gasteiger partial charge in [0, 0.05) is 46.5 Å². The van der Waals surface area contributed by atoms with E-state index in [-0.39, 0.29) is 17.5 Å². The van der Waals surface area contributed by atoms with E-state index in [9.17, 15) is 9.90 Å². The third-order valence-corrected chi connectivity index (χ3v) is 8.62. The Kier molecular flexibility index (Phi) is 7.48. The van der Waals surface area contributed by atoms with Crippen LogP contribution in [-0.2, 0) is 4.79 Å². The molecular weight excluding hydrogens is 436 g/mol. The van der Waals surface area contributed by atoms with Gasteiger partial charge < -0.3 is 16.2 Å². The van der Waals surface area contributed by atoms with Gasteiger partial charge in [-0.05, 0) is 19.4 Å². The summed E-state index contributed by atoms with van der Waals surface area (Å²) in [4.78, 5) is 20.9. The van der Waals surface area contributed by atoms with Gasteiger partial charge in [0.15, 0.2) is 5.54 Å². The SMILES string of the molecule is CC(C)(CC(CS)NCC1CSC(c2ccccc2N)=N1)C1=NC(C)(C(=O)O)CS1. The van der Waals surface area contributed by atoms with Crippen molar-refractivity contribution in [1.29, 1.82) is 0 Å². The van der Waals surface area contributed by atoms with Gasteiger partial charge in [-0.1, -0.05) is 32.0 Å². The van der Waals surface area contributed by atoms with E-state index in [4.69, 9.17) is 10.7 Å². The van der Waals surface area contributed by atoms with E-state index in [0.717, 1.165) is 40.1 Å². The summed E-state index contributed by atoms with van der Waals surface area (Å²) < 4.78 is 0. The molecule has 30 heavy (non-hydrogen) atoms. The first-order valence-electron chi connectivity index (χ1n) is 10.0. The fourth-order valence-corrected chi connectivity index (χ4v) is 6.23. The quantitative estimate of drug-likeness (QED) is 0.329. The summed E-state index contributed by atoms with van der Waals surface area (Å²) in [6.07, 6.45) is 0.833. The van der Waals surface area contributed by atoms with Crippen molar-refractivity contribution < 1.29 is 9.90 Å². The second-order valence-corrected chi connectivity index (χ2v) is 11.0. The molecule has 0 radical (unpaired) electrons. The van der Waals surface area contributed by atoms with E-state index in [1.54, 1.807) is 30.4 Å². The number of para-hydroxylation sites is 1. The van der Waals surface area contributed by atoms with E-state index < -0.39 is 11.5 Å². The van der Waals surface area contributed by atoms with Crippen molar-refractivity contribution in [3.05, 3.63) is 29.8 Å². The second kappa shape index (κ2) is 9.54. The molecule has 0 bridgehead atoms. The summed E-state index contributed by atoms with van der Waals surface area (Å²) in [6.45, 7) is 6.72. The van der Waals surface area contributed by atoms with Crippen LogP contribution in [0.3, 0.4) is 0 Å². The minimum atomic E-state index is -1.02. The first-order chi connectivity index (χ1) is 14.1. The smallest absolute Gasteiger partial charge is 0.332 e. The maximum atomic E-state index is 11.5. The van der Waals surface area contributed by atoms with Crippen molar-refractivity contribution in [2.45, 2.75) is 44.8 Å². The molecule has 9 heteroatoms. The molecule has 164 valence electrons. The number of hydrogen-bond donors (Lipinski definition) is 4. The van der Waals surface area contributed by atoms with Crippen LogP contribution in [0, 0.1) is 5.41 Å². The minimum Gasteiger partial charge on any atom is -0.479 e. The van der Waals surface area contributed by atoms with E-state index in [1.165, 1.54) is 0 Å². The summed E-state index contributed by atoms with van der Waals surface area (Å²) in [6, 6.07) is 8.22. The molecule has 0 spiro atoms. The topological polar surface area (TPSA) is 100 Å². The number of nitrogens with zero attached hydrogens (tertiary/aromatic N) is 2. The summed E-state index contributed by atoms with van der Waals surface area (Å²) in [5, 5.41) is 15.0. The highest BCUT2D eigenvalue weighted by atomic mass is 32.2. The number of aliphatic carboxylic acids is 1. The summed E-state index contributed by atoms with van der Waals surface area (Å²) in [5.74, 6) is 1.24. The van der Waals surface area contributed by atoms with Crippen molar-refractivity contribution in [2.75, 3.05) is 29.5 Å². The van der Waals surface area contributed by atoms with Crippen LogP contribution >= 0.6 is 36.2 Å². The second-order valence-electron chi connectivity index (χ2n) is 8.65. The van der Waals surface area contributed by atoms with Crippen molar-refractivity contribution in [1.82, 2.24) is 5.32 Å². The third kappa shape index (κ3) is 5.36. The van der Waals surface area contributed by atoms with Gasteiger partial charge in [0.25, 0.3) is 0 Å². The van der Waals surface area contributed by atoms with E-state index in [2.05, 4.69) is 36.8 Å². The highest BCUT2D eigenvalue weighted by Gasteiger charge is 2.42. The maximum Gasteiger partial charge on any atom is 0.332 e. The molecule has 1 aromatic carbocycles. The molecular formula is C21H30N4O2S3. The molecule has 4 N–H and O–H groups in total. The van der Waals surface area contributed by atoms with Gasteiger partial charge in [-0.15, -0.1) is 23.5 Å². The monoisotopic (exact) mass is 466 g/mol. The summed E-state index contributed by atoms with van der Waals surface area (Å²) >= 11 is 7.85. The highest BCUT2D eigenvalue weighted by Crippen LogP contribution is 2.39. The molecule has 3 rings (SSSR count). The predicted molar refractivity (Wildman–Crippen MR) is 134 cm³/mol. The molecule has 0 saturated heterocycles. The molecule has 6 nitrogen and oxygen atoms in total. The Balaban J connectivity index is 1.59. The number of carbonyl (C=O) groups is 1. The van der Waals surface area contributed by atoms with E-state index in [0.29, 0.717) is 11.5 Å². The summed E-state index contributed by atoms with van der Waals surface area (Å²) in [7, 11) is 0. The number of carboxylic acid groups (broad SMARTS) is 1. The van der Waals surface area contributed by atoms with Crippen LogP contribution in [0.1, 0.15) is 32.8 Å². The average Bonchev–Trinajstić information content (AvgIpc) is 3.33. The molecule has 2 aliphatic rings. The van der Waals surface area contributed by atoms with E-state index in [1.807, 2.05) is 24.3 Å². The summed E-state index contributed by atoms with van der Waals surface area (Å²) in [5.41, 5.74) is 6.62. The Morgan fingerprint density at radius 2 is 2.17 bits per heavy atom. The van der Waals surface area contributed by atoms with Gasteiger partial charge >= 0.3 is 5.97 Å². The van der Waals surface area contributed by atoms with Gasteiger partial charge in [0.2, 0.25) is 0 Å². The Labute approximate surface area is 192 Å². The zero-order chi connectivity index (χ0) is 21.9. The number of carboxylic acids is 1. The standard InChI is InChI=1S/C21H30N4O2S3/c1-20(2,18-25-21(3,12-30-18)19(26)27)8-13(10-28)23-9-14-11-29-17(24-14)15-6-4-5-7-16(15)22/h4-7,13-14,23,28H,8-12,22H2,1-3H3,(H,26,27). The Morgan fingerprint density at radius 3 is 2.80 bits per heavy atom. The van der Waals surface area contributed by atoms with Gasteiger partial charge in [-0.2, -0.15) is 12.6 Å². The Hall–Kier alpha value is -1.16. The van der Waals surface area contributed by atoms with Crippen LogP contribution in [0.25, 0.3) is 0 Å². The Bertz CT molecular complexity index is 858. The molecule has 0 aliphatic carbocycles. The number of rotatable bonds is 9. The lowest BCUT2D eigenvalue weighted by molar-refractivity contribution is -0.141. The van der Waals surface area contributed by atoms with Gasteiger partial charge in [0.1, 0.15) is 5.04 Å². The Morgan fingerprint density at radius 1 is 1.43 bits per heavy atom. The van der Waals surface area contributed by atoms with Gasteiger partial charge in [0.05, 0.1) is 11.1 Å². The lowest BCUT2D eigenvalue weighted by Gasteiger charge is -2.30. The molecule has 0 amide bonds. The van der Waals surface area contributed by atoms with Gasteiger partial charge in [-0.25, -0.2) is 4.79 Å². The first kappa shape index (κ1) is 23.5. The number of hydrogen-bond acceptors (Lipinski definition) is 8. The number of nitrogens with two attached hydrogens (primary N) is 1. The molecule has 0 aromatic heterocycles. The van der Waals surface area contributed by atoms with Crippen LogP contribution in [0.2, 0.25) is 0 Å². The average molecular weight is 467 g/mol. The molecule has 0 fully saturated rings. The van der Waals surface area contributed by atoms with Crippen LogP contribution in [-0.4, -0.2) is 62.6 Å². The fourth-order valence-electron chi connectivity index (χ4n) is 3.52. The molecule has 3 unspecified atom stereocenters. The van der Waals surface area contributed by atoms with Gasteiger partial charge in [-0.3, -0.25) is 9.98 Å². The number of thiol groups is 1. The van der Waals surface area contributed by atoms with Crippen LogP contribution in [0.4, 0.5) is 5.69 Å². The van der Waals surface area contributed by atoms with Crippen molar-refractivity contribution >= 4 is 57.9 Å². The van der Waals surface area contributed by atoms with Crippen molar-refractivity contribution in [3.8, 4) is 0 Å². The lowest BCUT2D eigenvalue weighted by atomic mass is 9.86. The lowest BCUT2D eigenvalue weighted by Crippen LogP contribution is -2.41. The number of thioether (sulfide) groups is 2. The van der Waals surface area contributed by atoms with E-state index >= 15 is 0 Å². The third-order valence-electron chi connectivity index (χ3n) is 5.40. The number of aliphatic imine (C=N–C) groups is 2. The minimum absolute atomic E-state index is 0.189. The first-order valence-corrected chi connectivity index (χ1v) is 12.6. The normalized spacial score (nSPS) is 25.1. The maximum absolute atomic E-state index is 11.5. The molecule has 2 heterocycles. The number of nitrogen functional groups attached to an aromatic ring is 1. The van der Waals surface area contributed by atoms with Crippen molar-refractivity contribution in [3.63, 3.8) is 0 Å². The van der Waals surface area contributed by atoms with Crippen LogP contribution in [0.15, 0.2) is 34.3 Å². The molecule has 2 aliphatic heterocycles. The van der Waals surface area contributed by atoms with Crippen LogP contribution in [0.5, 0.6) is 0 Å². The molecule has 0 saturated carbocycles. The largest absolute Gasteiger partial charge is 0.479 e. The van der Waals surface area contributed by atoms with Crippen LogP contribution < -0.4 is 11.1 Å². The number of nitrogens with one attached hydrogen (secondary N) is 1. The zero-order valence-electron chi connectivity index (χ0n) is 17.6. The highest BCUT2D eigenvalue weighted by molar-refractivity contribution is 8.14. The fraction of sp³-hybridized carbons (Fsp3) is 0.571. The molecule has 1 aromatic rings. The molecule has 3 atom stereocenters. The van der Waals surface area contributed by atoms with Crippen molar-refractivity contribution in [2.24, 2.45) is 15.4 Å². The zero-order valence-corrected chi connectivity index (χ0v) is 20.1. The number of benzene rings is 1. The predicted octanol–water partition coefficient (Wildman–Crippen LogP) is 3.42.